The summed E-state index contributed by atoms with van der Waals surface area (Å²) in [6.07, 6.45) is 2.98. The number of nitrogens with one attached hydrogen (secondary N) is 1. The zero-order valence-corrected chi connectivity index (χ0v) is 18.1. The molecule has 4 amide bonds. The van der Waals surface area contributed by atoms with Gasteiger partial charge in [-0.1, -0.05) is 62.4 Å². The van der Waals surface area contributed by atoms with Crippen LogP contribution < -0.4 is 15.0 Å². The maximum atomic E-state index is 13.4. The van der Waals surface area contributed by atoms with Gasteiger partial charge in [0.1, 0.15) is 11.3 Å². The number of fused-ring (bicyclic) bond motifs is 1. The minimum Gasteiger partial charge on any atom is -0.493 e. The first kappa shape index (κ1) is 21.3. The minimum absolute atomic E-state index is 0.117. The molecule has 1 N–H and O–H groups in total. The van der Waals surface area contributed by atoms with Gasteiger partial charge in [-0.15, -0.1) is 0 Å². The molecule has 0 aromatic heterocycles. The van der Waals surface area contributed by atoms with Crippen molar-refractivity contribution in [3.63, 3.8) is 0 Å². The SMILES string of the molecule is CCCOc1ccc2ccccc2c1/C=C1/C(=O)NC(=O)N(c2ccccc2CC)C1=O. The van der Waals surface area contributed by atoms with E-state index in [4.69, 9.17) is 4.74 Å². The molecule has 1 aliphatic heterocycles. The van der Waals surface area contributed by atoms with Gasteiger partial charge >= 0.3 is 6.03 Å². The average Bonchev–Trinajstić information content (AvgIpc) is 2.81. The van der Waals surface area contributed by atoms with E-state index in [9.17, 15) is 14.4 Å². The van der Waals surface area contributed by atoms with Gasteiger partial charge in [-0.2, -0.15) is 0 Å². The lowest BCUT2D eigenvalue weighted by atomic mass is 9.99. The number of barbiturate groups is 1. The first-order chi connectivity index (χ1) is 15.5. The number of anilines is 1. The first-order valence-electron chi connectivity index (χ1n) is 10.7. The van der Waals surface area contributed by atoms with Crippen LogP contribution in [0.3, 0.4) is 0 Å². The van der Waals surface area contributed by atoms with Crippen LogP contribution in [0.25, 0.3) is 16.8 Å². The van der Waals surface area contributed by atoms with Crippen molar-refractivity contribution in [3.8, 4) is 5.75 Å². The molecule has 1 heterocycles. The largest absolute Gasteiger partial charge is 0.493 e. The Kier molecular flexibility index (Phi) is 6.03. The number of imide groups is 2. The predicted molar refractivity (Wildman–Crippen MR) is 125 cm³/mol. The Morgan fingerprint density at radius 3 is 2.47 bits per heavy atom. The number of carbonyl (C=O) groups excluding carboxylic acids is 3. The number of aryl methyl sites for hydroxylation is 1. The first-order valence-corrected chi connectivity index (χ1v) is 10.7. The van der Waals surface area contributed by atoms with E-state index in [1.807, 2.05) is 62.4 Å². The number of nitrogens with zero attached hydrogens (tertiary/aromatic N) is 1. The minimum atomic E-state index is -0.751. The molecule has 0 spiro atoms. The number of rotatable bonds is 6. The van der Waals surface area contributed by atoms with Crippen molar-refractivity contribution in [3.05, 3.63) is 77.4 Å². The lowest BCUT2D eigenvalue weighted by Crippen LogP contribution is -2.54. The quantitative estimate of drug-likeness (QED) is 0.450. The molecular formula is C26H24N2O4. The summed E-state index contributed by atoms with van der Waals surface area (Å²) in [7, 11) is 0. The van der Waals surface area contributed by atoms with Crippen LogP contribution in [0.4, 0.5) is 10.5 Å². The molecule has 6 heteroatoms. The molecule has 162 valence electrons. The van der Waals surface area contributed by atoms with Crippen molar-refractivity contribution >= 4 is 40.4 Å². The standard InChI is InChI=1S/C26H24N2O4/c1-3-15-32-23-14-13-18-10-5-7-11-19(18)20(23)16-21-24(29)27-26(31)28(25(21)30)22-12-8-6-9-17(22)4-2/h5-14,16H,3-4,15H2,1-2H3,(H,27,29,31)/b21-16-. The van der Waals surface area contributed by atoms with Crippen LogP contribution in [0, 0.1) is 0 Å². The summed E-state index contributed by atoms with van der Waals surface area (Å²) in [4.78, 5) is 39.8. The summed E-state index contributed by atoms with van der Waals surface area (Å²) in [5.74, 6) is -0.801. The van der Waals surface area contributed by atoms with Crippen molar-refractivity contribution in [2.75, 3.05) is 11.5 Å². The molecule has 1 aliphatic rings. The molecule has 6 nitrogen and oxygen atoms in total. The number of urea groups is 1. The molecule has 0 bridgehead atoms. The molecule has 4 rings (SSSR count). The van der Waals surface area contributed by atoms with E-state index in [1.54, 1.807) is 12.1 Å². The van der Waals surface area contributed by atoms with Gasteiger partial charge in [0, 0.05) is 5.56 Å². The number of hydrogen-bond acceptors (Lipinski definition) is 4. The number of carbonyl (C=O) groups is 3. The topological polar surface area (TPSA) is 75.7 Å². The molecule has 1 saturated heterocycles. The van der Waals surface area contributed by atoms with Gasteiger partial charge in [-0.3, -0.25) is 14.9 Å². The van der Waals surface area contributed by atoms with Gasteiger partial charge in [0.15, 0.2) is 0 Å². The normalized spacial score (nSPS) is 15.4. The van der Waals surface area contributed by atoms with E-state index < -0.39 is 17.8 Å². The Balaban J connectivity index is 1.86. The third-order valence-corrected chi connectivity index (χ3v) is 5.40. The molecule has 0 unspecified atom stereocenters. The second kappa shape index (κ2) is 9.06. The summed E-state index contributed by atoms with van der Waals surface area (Å²) in [6.45, 7) is 4.45. The second-order valence-electron chi connectivity index (χ2n) is 7.49. The lowest BCUT2D eigenvalue weighted by molar-refractivity contribution is -0.122. The smallest absolute Gasteiger partial charge is 0.335 e. The molecule has 3 aromatic carbocycles. The fourth-order valence-electron chi connectivity index (χ4n) is 3.81. The molecule has 1 fully saturated rings. The van der Waals surface area contributed by atoms with Crippen molar-refractivity contribution in [2.24, 2.45) is 0 Å². The predicted octanol–water partition coefficient (Wildman–Crippen LogP) is 4.86. The van der Waals surface area contributed by atoms with Crippen LogP contribution in [0.15, 0.2) is 66.2 Å². The fraction of sp³-hybridized carbons (Fsp3) is 0.192. The molecule has 0 atom stereocenters. The highest BCUT2D eigenvalue weighted by Crippen LogP contribution is 2.32. The summed E-state index contributed by atoms with van der Waals surface area (Å²) in [6, 6.07) is 17.9. The molecule has 0 saturated carbocycles. The van der Waals surface area contributed by atoms with Gasteiger partial charge < -0.3 is 4.74 Å². The van der Waals surface area contributed by atoms with Crippen LogP contribution in [-0.4, -0.2) is 24.5 Å². The highest BCUT2D eigenvalue weighted by Gasteiger charge is 2.37. The van der Waals surface area contributed by atoms with Crippen molar-refractivity contribution < 1.29 is 19.1 Å². The number of benzene rings is 3. The Hall–Kier alpha value is -3.93. The lowest BCUT2D eigenvalue weighted by Gasteiger charge is -2.28. The van der Waals surface area contributed by atoms with Crippen molar-refractivity contribution in [2.45, 2.75) is 26.7 Å². The maximum Gasteiger partial charge on any atom is 0.335 e. The summed E-state index contributed by atoms with van der Waals surface area (Å²) in [5, 5.41) is 4.12. The van der Waals surface area contributed by atoms with E-state index in [2.05, 4.69) is 5.32 Å². The van der Waals surface area contributed by atoms with Gasteiger partial charge in [0.2, 0.25) is 0 Å². The zero-order chi connectivity index (χ0) is 22.7. The van der Waals surface area contributed by atoms with Gasteiger partial charge in [0.05, 0.1) is 12.3 Å². The molecule has 32 heavy (non-hydrogen) atoms. The van der Waals surface area contributed by atoms with E-state index >= 15 is 0 Å². The van der Waals surface area contributed by atoms with Gasteiger partial charge in [-0.05, 0) is 47.4 Å². The maximum absolute atomic E-state index is 13.4. The van der Waals surface area contributed by atoms with Gasteiger partial charge in [0.25, 0.3) is 11.8 Å². The molecule has 0 aliphatic carbocycles. The number of amides is 4. The third-order valence-electron chi connectivity index (χ3n) is 5.40. The van der Waals surface area contributed by atoms with Crippen molar-refractivity contribution in [1.82, 2.24) is 5.32 Å². The van der Waals surface area contributed by atoms with Crippen LogP contribution in [0.2, 0.25) is 0 Å². The second-order valence-corrected chi connectivity index (χ2v) is 7.49. The van der Waals surface area contributed by atoms with E-state index in [0.29, 0.717) is 30.0 Å². The Morgan fingerprint density at radius 1 is 0.938 bits per heavy atom. The third kappa shape index (κ3) is 3.87. The van der Waals surface area contributed by atoms with Crippen LogP contribution in [-0.2, 0) is 16.0 Å². The number of hydrogen-bond donors (Lipinski definition) is 1. The number of para-hydroxylation sites is 1. The zero-order valence-electron chi connectivity index (χ0n) is 18.1. The van der Waals surface area contributed by atoms with Crippen LogP contribution in [0.5, 0.6) is 5.75 Å². The Bertz CT molecular complexity index is 1250. The van der Waals surface area contributed by atoms with Crippen LogP contribution >= 0.6 is 0 Å². The molecule has 3 aromatic rings. The summed E-state index contributed by atoms with van der Waals surface area (Å²) >= 11 is 0. The van der Waals surface area contributed by atoms with Gasteiger partial charge in [-0.25, -0.2) is 9.69 Å². The monoisotopic (exact) mass is 428 g/mol. The Labute approximate surface area is 186 Å². The number of ether oxygens (including phenoxy) is 1. The highest BCUT2D eigenvalue weighted by molar-refractivity contribution is 6.39. The molecule has 0 radical (unpaired) electrons. The van der Waals surface area contributed by atoms with E-state index in [0.717, 1.165) is 27.7 Å². The fourth-order valence-corrected chi connectivity index (χ4v) is 3.81. The Morgan fingerprint density at radius 2 is 1.69 bits per heavy atom. The molecular weight excluding hydrogens is 404 g/mol. The van der Waals surface area contributed by atoms with Crippen molar-refractivity contribution in [1.29, 1.82) is 0 Å². The summed E-state index contributed by atoms with van der Waals surface area (Å²) in [5.41, 5.74) is 1.82. The van der Waals surface area contributed by atoms with E-state index in [-0.39, 0.29) is 5.57 Å². The average molecular weight is 428 g/mol. The highest BCUT2D eigenvalue weighted by atomic mass is 16.5. The van der Waals surface area contributed by atoms with Crippen LogP contribution in [0.1, 0.15) is 31.4 Å². The summed E-state index contributed by atoms with van der Waals surface area (Å²) < 4.78 is 5.91. The van der Waals surface area contributed by atoms with E-state index in [1.165, 1.54) is 6.08 Å².